The van der Waals surface area contributed by atoms with Gasteiger partial charge in [-0.2, -0.15) is 0 Å². The number of para-hydroxylation sites is 2. The molecule has 1 aromatic carbocycles. The number of nitrogens with zero attached hydrogens (tertiary/aromatic N) is 2. The Morgan fingerprint density at radius 3 is 2.96 bits per heavy atom. The number of amides is 1. The maximum absolute atomic E-state index is 12.6. The van der Waals surface area contributed by atoms with Crippen molar-refractivity contribution in [2.45, 2.75) is 25.7 Å². The lowest BCUT2D eigenvalue weighted by Gasteiger charge is -2.31. The first-order valence-electron chi connectivity index (χ1n) is 7.91. The number of aromatic nitrogens is 1. The monoisotopic (exact) mass is 310 g/mol. The third-order valence-corrected chi connectivity index (χ3v) is 4.46. The van der Waals surface area contributed by atoms with Crippen molar-refractivity contribution in [3.63, 3.8) is 0 Å². The summed E-state index contributed by atoms with van der Waals surface area (Å²) in [6.07, 6.45) is 3.50. The zero-order valence-electron chi connectivity index (χ0n) is 13.0. The highest BCUT2D eigenvalue weighted by atomic mass is 16.3. The van der Waals surface area contributed by atoms with Gasteiger partial charge in [-0.25, -0.2) is 4.98 Å². The second kappa shape index (κ2) is 5.57. The standard InChI is InChI=1S/C18H18N2O3/c1-12-14(8-10-22-12)18(21)20-9-4-5-13(11-20)17-19-15-6-2-3-7-16(15)23-17/h2-3,6-8,10,13H,4-5,9,11H2,1H3/t13-/m0/s1. The van der Waals surface area contributed by atoms with E-state index in [1.807, 2.05) is 36.1 Å². The Morgan fingerprint density at radius 2 is 2.17 bits per heavy atom. The molecule has 0 aliphatic carbocycles. The summed E-state index contributed by atoms with van der Waals surface area (Å²) in [5, 5.41) is 0. The molecule has 0 radical (unpaired) electrons. The maximum atomic E-state index is 12.6. The fourth-order valence-corrected chi connectivity index (χ4v) is 3.21. The van der Waals surface area contributed by atoms with Crippen LogP contribution in [-0.4, -0.2) is 28.9 Å². The summed E-state index contributed by atoms with van der Waals surface area (Å²) >= 11 is 0. The van der Waals surface area contributed by atoms with E-state index in [1.54, 1.807) is 12.3 Å². The minimum atomic E-state index is 0.0251. The molecule has 1 aliphatic rings. The quantitative estimate of drug-likeness (QED) is 0.723. The Balaban J connectivity index is 1.57. The smallest absolute Gasteiger partial charge is 0.257 e. The molecule has 0 spiro atoms. The van der Waals surface area contributed by atoms with Gasteiger partial charge in [0.05, 0.1) is 17.7 Å². The van der Waals surface area contributed by atoms with E-state index in [4.69, 9.17) is 8.83 Å². The highest BCUT2D eigenvalue weighted by Gasteiger charge is 2.29. The predicted molar refractivity (Wildman–Crippen MR) is 85.3 cm³/mol. The number of benzene rings is 1. The Bertz CT molecular complexity index is 816. The summed E-state index contributed by atoms with van der Waals surface area (Å²) in [5.74, 6) is 1.57. The van der Waals surface area contributed by atoms with Gasteiger partial charge in [-0.3, -0.25) is 4.79 Å². The van der Waals surface area contributed by atoms with Gasteiger partial charge in [0.1, 0.15) is 11.3 Å². The summed E-state index contributed by atoms with van der Waals surface area (Å²) in [6, 6.07) is 9.50. The van der Waals surface area contributed by atoms with Crippen LogP contribution in [0.2, 0.25) is 0 Å². The lowest BCUT2D eigenvalue weighted by molar-refractivity contribution is 0.0697. The van der Waals surface area contributed by atoms with Gasteiger partial charge in [-0.1, -0.05) is 12.1 Å². The molecule has 3 aromatic rings. The van der Waals surface area contributed by atoms with Crippen LogP contribution in [0.1, 0.15) is 40.8 Å². The lowest BCUT2D eigenvalue weighted by Crippen LogP contribution is -2.39. The zero-order chi connectivity index (χ0) is 15.8. The number of furan rings is 1. The minimum absolute atomic E-state index is 0.0251. The van der Waals surface area contributed by atoms with Gasteiger partial charge >= 0.3 is 0 Å². The van der Waals surface area contributed by atoms with Crippen LogP contribution in [0.5, 0.6) is 0 Å². The molecule has 23 heavy (non-hydrogen) atoms. The van der Waals surface area contributed by atoms with Crippen LogP contribution in [0.3, 0.4) is 0 Å². The van der Waals surface area contributed by atoms with Crippen molar-refractivity contribution in [3.05, 3.63) is 53.8 Å². The third-order valence-electron chi connectivity index (χ3n) is 4.46. The number of likely N-dealkylation sites (tertiary alicyclic amines) is 1. The van der Waals surface area contributed by atoms with Crippen molar-refractivity contribution >= 4 is 17.0 Å². The molecule has 4 rings (SSSR count). The fraction of sp³-hybridized carbons (Fsp3) is 0.333. The first-order valence-corrected chi connectivity index (χ1v) is 7.91. The molecular weight excluding hydrogens is 292 g/mol. The Labute approximate surface area is 133 Å². The molecule has 2 aromatic heterocycles. The molecular formula is C18H18N2O3. The van der Waals surface area contributed by atoms with Crippen molar-refractivity contribution in [1.29, 1.82) is 0 Å². The normalized spacial score (nSPS) is 18.5. The molecule has 1 aliphatic heterocycles. The zero-order valence-corrected chi connectivity index (χ0v) is 13.0. The number of carbonyl (C=O) groups excluding carboxylic acids is 1. The lowest BCUT2D eigenvalue weighted by atomic mass is 9.97. The van der Waals surface area contributed by atoms with E-state index in [0.29, 0.717) is 17.9 Å². The number of fused-ring (bicyclic) bond motifs is 1. The maximum Gasteiger partial charge on any atom is 0.257 e. The largest absolute Gasteiger partial charge is 0.469 e. The van der Waals surface area contributed by atoms with Crippen LogP contribution >= 0.6 is 0 Å². The molecule has 5 nitrogen and oxygen atoms in total. The second-order valence-corrected chi connectivity index (χ2v) is 6.00. The molecule has 3 heterocycles. The van der Waals surface area contributed by atoms with E-state index in [1.165, 1.54) is 0 Å². The van der Waals surface area contributed by atoms with Gasteiger partial charge in [-0.05, 0) is 38.0 Å². The van der Waals surface area contributed by atoms with Crippen molar-refractivity contribution in [1.82, 2.24) is 9.88 Å². The van der Waals surface area contributed by atoms with Crippen molar-refractivity contribution in [2.24, 2.45) is 0 Å². The summed E-state index contributed by atoms with van der Waals surface area (Å²) in [6.45, 7) is 3.21. The second-order valence-electron chi connectivity index (χ2n) is 6.00. The van der Waals surface area contributed by atoms with Crippen molar-refractivity contribution < 1.29 is 13.6 Å². The van der Waals surface area contributed by atoms with Gasteiger partial charge in [-0.15, -0.1) is 0 Å². The van der Waals surface area contributed by atoms with E-state index < -0.39 is 0 Å². The van der Waals surface area contributed by atoms with Crippen molar-refractivity contribution in [3.8, 4) is 0 Å². The molecule has 5 heteroatoms. The Kier molecular flexibility index (Phi) is 3.41. The van der Waals surface area contributed by atoms with Gasteiger partial charge in [0, 0.05) is 13.1 Å². The van der Waals surface area contributed by atoms with Crippen LogP contribution in [0.25, 0.3) is 11.1 Å². The van der Waals surface area contributed by atoms with E-state index >= 15 is 0 Å². The Hall–Kier alpha value is -2.56. The third kappa shape index (κ3) is 2.52. The van der Waals surface area contributed by atoms with Gasteiger partial charge in [0.25, 0.3) is 5.91 Å². The predicted octanol–water partition coefficient (Wildman–Crippen LogP) is 3.75. The number of hydrogen-bond donors (Lipinski definition) is 0. The highest BCUT2D eigenvalue weighted by Crippen LogP contribution is 2.30. The molecule has 1 atom stereocenters. The van der Waals surface area contributed by atoms with E-state index in [-0.39, 0.29) is 11.8 Å². The fourth-order valence-electron chi connectivity index (χ4n) is 3.21. The minimum Gasteiger partial charge on any atom is -0.469 e. The SMILES string of the molecule is Cc1occc1C(=O)N1CCC[C@H](c2nc3ccccc3o2)C1. The average molecular weight is 310 g/mol. The topological polar surface area (TPSA) is 59.5 Å². The van der Waals surface area contributed by atoms with Crippen LogP contribution in [-0.2, 0) is 0 Å². The highest BCUT2D eigenvalue weighted by molar-refractivity contribution is 5.95. The van der Waals surface area contributed by atoms with Crippen LogP contribution in [0.15, 0.2) is 45.4 Å². The molecule has 0 bridgehead atoms. The number of rotatable bonds is 2. The number of carbonyl (C=O) groups is 1. The van der Waals surface area contributed by atoms with E-state index in [2.05, 4.69) is 4.98 Å². The summed E-state index contributed by atoms with van der Waals surface area (Å²) in [4.78, 5) is 19.1. The molecule has 0 saturated carbocycles. The first kappa shape index (κ1) is 14.1. The van der Waals surface area contributed by atoms with Crippen LogP contribution < -0.4 is 0 Å². The van der Waals surface area contributed by atoms with Gasteiger partial charge < -0.3 is 13.7 Å². The molecule has 1 amide bonds. The number of oxazole rings is 1. The molecule has 118 valence electrons. The summed E-state index contributed by atoms with van der Waals surface area (Å²) in [7, 11) is 0. The average Bonchev–Trinajstić information content (AvgIpc) is 3.20. The summed E-state index contributed by atoms with van der Waals surface area (Å²) in [5.41, 5.74) is 2.32. The Morgan fingerprint density at radius 1 is 1.30 bits per heavy atom. The van der Waals surface area contributed by atoms with Gasteiger partial charge in [0.2, 0.25) is 0 Å². The van der Waals surface area contributed by atoms with Crippen LogP contribution in [0, 0.1) is 6.92 Å². The molecule has 1 saturated heterocycles. The number of hydrogen-bond acceptors (Lipinski definition) is 4. The van der Waals surface area contributed by atoms with Crippen molar-refractivity contribution in [2.75, 3.05) is 13.1 Å². The molecule has 0 unspecified atom stereocenters. The molecule has 1 fully saturated rings. The van der Waals surface area contributed by atoms with Gasteiger partial charge in [0.15, 0.2) is 11.5 Å². The van der Waals surface area contributed by atoms with E-state index in [0.717, 1.165) is 36.4 Å². The molecule has 0 N–H and O–H groups in total. The first-order chi connectivity index (χ1) is 11.2. The van der Waals surface area contributed by atoms with E-state index in [9.17, 15) is 4.79 Å². The van der Waals surface area contributed by atoms with Crippen LogP contribution in [0.4, 0.5) is 0 Å². The number of aryl methyl sites for hydroxylation is 1. The summed E-state index contributed by atoms with van der Waals surface area (Å²) < 4.78 is 11.1. The number of piperidine rings is 1.